The van der Waals surface area contributed by atoms with Crippen LogP contribution in [0.15, 0.2) is 53.4 Å². The normalized spacial score (nSPS) is 31.8. The van der Waals surface area contributed by atoms with Gasteiger partial charge in [-0.3, -0.25) is 4.72 Å². The van der Waals surface area contributed by atoms with Crippen LogP contribution in [0.1, 0.15) is 43.6 Å². The predicted octanol–water partition coefficient (Wildman–Crippen LogP) is 5.68. The Hall–Kier alpha value is -1.52. The summed E-state index contributed by atoms with van der Waals surface area (Å²) in [4.78, 5) is 0.219. The number of benzene rings is 2. The maximum absolute atomic E-state index is 12.5. The van der Waals surface area contributed by atoms with Gasteiger partial charge in [0.25, 0.3) is 10.0 Å². The van der Waals surface area contributed by atoms with Crippen molar-refractivity contribution >= 4 is 27.3 Å². The molecule has 4 aliphatic carbocycles. The minimum absolute atomic E-state index is 0.219. The summed E-state index contributed by atoms with van der Waals surface area (Å²) in [6.07, 6.45) is 7.03. The second-order valence-electron chi connectivity index (χ2n) is 8.64. The standard InChI is InChI=1S/C22H24ClNO2S/c23-19-3-7-21(8-4-19)27(25,26)24-20-5-1-16(2-6-20)22-17-10-14-9-15(12-17)13-18(22)11-14/h1-8,14-15,17-18,22,24H,9-13H2. The molecule has 0 radical (unpaired) electrons. The molecule has 4 fully saturated rings. The zero-order valence-electron chi connectivity index (χ0n) is 15.1. The fourth-order valence-corrected chi connectivity index (χ4v) is 7.26. The molecule has 4 aliphatic rings. The summed E-state index contributed by atoms with van der Waals surface area (Å²) in [5.41, 5.74) is 2.00. The molecular formula is C22H24ClNO2S. The van der Waals surface area contributed by atoms with E-state index < -0.39 is 10.0 Å². The first-order chi connectivity index (χ1) is 13.0. The summed E-state index contributed by atoms with van der Waals surface area (Å²) in [7, 11) is -3.59. The Labute approximate surface area is 166 Å². The first-order valence-electron chi connectivity index (χ1n) is 9.86. The number of hydrogen-bond acceptors (Lipinski definition) is 2. The highest BCUT2D eigenvalue weighted by Gasteiger charge is 2.48. The lowest BCUT2D eigenvalue weighted by Crippen LogP contribution is -2.43. The van der Waals surface area contributed by atoms with Crippen molar-refractivity contribution < 1.29 is 8.42 Å². The highest BCUT2D eigenvalue weighted by atomic mass is 35.5. The van der Waals surface area contributed by atoms with Crippen molar-refractivity contribution in [2.75, 3.05) is 4.72 Å². The summed E-state index contributed by atoms with van der Waals surface area (Å²) < 4.78 is 27.8. The van der Waals surface area contributed by atoms with E-state index in [1.807, 2.05) is 12.1 Å². The zero-order chi connectivity index (χ0) is 18.6. The summed E-state index contributed by atoms with van der Waals surface area (Å²) in [6.45, 7) is 0. The van der Waals surface area contributed by atoms with E-state index in [-0.39, 0.29) is 4.90 Å². The van der Waals surface area contributed by atoms with Crippen LogP contribution in [0, 0.1) is 23.7 Å². The van der Waals surface area contributed by atoms with Crippen LogP contribution in [-0.4, -0.2) is 8.42 Å². The number of anilines is 1. The monoisotopic (exact) mass is 401 g/mol. The molecule has 2 aromatic rings. The van der Waals surface area contributed by atoms with Crippen LogP contribution in [0.25, 0.3) is 0 Å². The van der Waals surface area contributed by atoms with Gasteiger partial charge in [0.2, 0.25) is 0 Å². The van der Waals surface area contributed by atoms with Crippen molar-refractivity contribution in [1.29, 1.82) is 0 Å². The molecule has 27 heavy (non-hydrogen) atoms. The van der Waals surface area contributed by atoms with Crippen LogP contribution >= 0.6 is 11.6 Å². The Morgan fingerprint density at radius 2 is 1.33 bits per heavy atom. The van der Waals surface area contributed by atoms with Crippen LogP contribution in [-0.2, 0) is 10.0 Å². The van der Waals surface area contributed by atoms with Gasteiger partial charge in [-0.1, -0.05) is 23.7 Å². The third kappa shape index (κ3) is 3.27. The van der Waals surface area contributed by atoms with E-state index in [1.54, 1.807) is 12.1 Å². The number of halogens is 1. The highest BCUT2D eigenvalue weighted by Crippen LogP contribution is 2.59. The molecule has 3 nitrogen and oxygen atoms in total. The largest absolute Gasteiger partial charge is 0.280 e. The number of hydrogen-bond donors (Lipinski definition) is 1. The lowest BCUT2D eigenvalue weighted by molar-refractivity contribution is -0.00277. The van der Waals surface area contributed by atoms with Gasteiger partial charge in [-0.25, -0.2) is 8.42 Å². The highest BCUT2D eigenvalue weighted by molar-refractivity contribution is 7.92. The molecule has 1 N–H and O–H groups in total. The molecule has 142 valence electrons. The van der Waals surface area contributed by atoms with Gasteiger partial charge in [0.15, 0.2) is 0 Å². The number of nitrogens with one attached hydrogen (secondary N) is 1. The average molecular weight is 402 g/mol. The molecule has 0 aromatic heterocycles. The SMILES string of the molecule is O=S(=O)(Nc1ccc(C2C3CC4CC(C3)CC2C4)cc1)c1ccc(Cl)cc1. The summed E-state index contributed by atoms with van der Waals surface area (Å²) in [5.74, 6) is 4.26. The van der Waals surface area contributed by atoms with E-state index in [9.17, 15) is 8.42 Å². The number of rotatable bonds is 4. The van der Waals surface area contributed by atoms with Crippen molar-refractivity contribution in [2.24, 2.45) is 23.7 Å². The molecular weight excluding hydrogens is 378 g/mol. The van der Waals surface area contributed by atoms with Crippen LogP contribution in [0.3, 0.4) is 0 Å². The molecule has 0 amide bonds. The number of sulfonamides is 1. The van der Waals surface area contributed by atoms with Crippen LogP contribution in [0.2, 0.25) is 5.02 Å². The quantitative estimate of drug-likeness (QED) is 0.716. The van der Waals surface area contributed by atoms with Crippen LogP contribution in [0.5, 0.6) is 0 Å². The smallest absolute Gasteiger partial charge is 0.261 e. The maximum atomic E-state index is 12.5. The van der Waals surface area contributed by atoms with Crippen LogP contribution in [0.4, 0.5) is 5.69 Å². The molecule has 0 aliphatic heterocycles. The fraction of sp³-hybridized carbons (Fsp3) is 0.455. The van der Waals surface area contributed by atoms with E-state index in [4.69, 9.17) is 11.6 Å². The first kappa shape index (κ1) is 17.6. The second-order valence-corrected chi connectivity index (χ2v) is 10.8. The zero-order valence-corrected chi connectivity index (χ0v) is 16.7. The third-order valence-corrected chi connectivity index (χ3v) is 8.55. The van der Waals surface area contributed by atoms with Gasteiger partial charge >= 0.3 is 0 Å². The molecule has 2 aromatic carbocycles. The average Bonchev–Trinajstić information content (AvgIpc) is 2.62. The maximum Gasteiger partial charge on any atom is 0.261 e. The third-order valence-electron chi connectivity index (χ3n) is 6.90. The van der Waals surface area contributed by atoms with Crippen LogP contribution < -0.4 is 4.72 Å². The molecule has 6 rings (SSSR count). The molecule has 0 atom stereocenters. The predicted molar refractivity (Wildman–Crippen MR) is 108 cm³/mol. The summed E-state index contributed by atoms with van der Waals surface area (Å²) in [6, 6.07) is 14.3. The molecule has 5 heteroatoms. The second kappa shape index (κ2) is 6.52. The molecule has 0 spiro atoms. The van der Waals surface area contributed by atoms with Crippen molar-refractivity contribution in [3.63, 3.8) is 0 Å². The van der Waals surface area contributed by atoms with Gasteiger partial charge in [-0.05, 0) is 104 Å². The van der Waals surface area contributed by atoms with Gasteiger partial charge in [-0.15, -0.1) is 0 Å². The van der Waals surface area contributed by atoms with E-state index >= 15 is 0 Å². The molecule has 4 bridgehead atoms. The summed E-state index contributed by atoms with van der Waals surface area (Å²) >= 11 is 5.85. The Morgan fingerprint density at radius 3 is 1.89 bits per heavy atom. The molecule has 0 unspecified atom stereocenters. The Bertz CT molecular complexity index is 909. The fourth-order valence-electron chi connectivity index (χ4n) is 6.07. The van der Waals surface area contributed by atoms with Crippen molar-refractivity contribution in [2.45, 2.75) is 42.9 Å². The minimum Gasteiger partial charge on any atom is -0.280 e. The molecule has 0 saturated heterocycles. The first-order valence-corrected chi connectivity index (χ1v) is 11.7. The van der Waals surface area contributed by atoms with E-state index in [0.717, 1.165) is 23.7 Å². The van der Waals surface area contributed by atoms with Crippen molar-refractivity contribution in [1.82, 2.24) is 0 Å². The Balaban J connectivity index is 1.34. The van der Waals surface area contributed by atoms with Crippen molar-refractivity contribution in [3.8, 4) is 0 Å². The lowest BCUT2D eigenvalue weighted by atomic mass is 9.51. The lowest BCUT2D eigenvalue weighted by Gasteiger charge is -2.54. The minimum atomic E-state index is -3.59. The van der Waals surface area contributed by atoms with E-state index in [2.05, 4.69) is 16.9 Å². The Kier molecular flexibility index (Phi) is 4.25. The van der Waals surface area contributed by atoms with E-state index in [1.165, 1.54) is 49.8 Å². The van der Waals surface area contributed by atoms with E-state index in [0.29, 0.717) is 16.6 Å². The van der Waals surface area contributed by atoms with Gasteiger partial charge in [0.1, 0.15) is 0 Å². The molecule has 4 saturated carbocycles. The van der Waals surface area contributed by atoms with Gasteiger partial charge in [0.05, 0.1) is 4.90 Å². The van der Waals surface area contributed by atoms with Gasteiger partial charge in [0, 0.05) is 10.7 Å². The van der Waals surface area contributed by atoms with Gasteiger partial charge < -0.3 is 0 Å². The van der Waals surface area contributed by atoms with Gasteiger partial charge in [-0.2, -0.15) is 0 Å². The Morgan fingerprint density at radius 1 is 0.778 bits per heavy atom. The van der Waals surface area contributed by atoms with Crippen molar-refractivity contribution in [3.05, 3.63) is 59.1 Å². The topological polar surface area (TPSA) is 46.2 Å². The molecule has 0 heterocycles. The summed E-state index contributed by atoms with van der Waals surface area (Å²) in [5, 5.41) is 0.522.